The molecule has 0 saturated heterocycles. The minimum atomic E-state index is -0.391. The van der Waals surface area contributed by atoms with E-state index in [1.54, 1.807) is 24.3 Å². The summed E-state index contributed by atoms with van der Waals surface area (Å²) < 4.78 is 5.06. The summed E-state index contributed by atoms with van der Waals surface area (Å²) in [6.45, 7) is 3.76. The molecule has 3 aromatic rings. The van der Waals surface area contributed by atoms with Crippen molar-refractivity contribution in [1.29, 1.82) is 0 Å². The third-order valence-electron chi connectivity index (χ3n) is 4.69. The van der Waals surface area contributed by atoms with Crippen molar-refractivity contribution in [2.24, 2.45) is 0 Å². The van der Waals surface area contributed by atoms with Crippen molar-refractivity contribution >= 4 is 23.4 Å². The SMILES string of the molecule is CC(=O)NC(CC(=O)NCc1ccc(NC(=O)c2ccco2)cc1)c1ccc(C)cc1. The third-order valence-corrected chi connectivity index (χ3v) is 4.69. The number of hydrogen-bond acceptors (Lipinski definition) is 4. The second-order valence-corrected chi connectivity index (χ2v) is 7.27. The predicted octanol–water partition coefficient (Wildman–Crippen LogP) is 3.72. The van der Waals surface area contributed by atoms with E-state index in [2.05, 4.69) is 16.0 Å². The Balaban J connectivity index is 1.53. The van der Waals surface area contributed by atoms with Gasteiger partial charge in [-0.3, -0.25) is 14.4 Å². The van der Waals surface area contributed by atoms with Gasteiger partial charge in [0.05, 0.1) is 18.7 Å². The molecule has 7 nitrogen and oxygen atoms in total. The lowest BCUT2D eigenvalue weighted by Crippen LogP contribution is -2.32. The molecule has 3 amide bonds. The van der Waals surface area contributed by atoms with Crippen LogP contribution in [0.4, 0.5) is 5.69 Å². The van der Waals surface area contributed by atoms with Gasteiger partial charge in [0.25, 0.3) is 5.91 Å². The van der Waals surface area contributed by atoms with Crippen LogP contribution in [0.15, 0.2) is 71.3 Å². The highest BCUT2D eigenvalue weighted by Crippen LogP contribution is 2.18. The zero-order chi connectivity index (χ0) is 22.2. The van der Waals surface area contributed by atoms with Gasteiger partial charge in [-0.15, -0.1) is 0 Å². The number of hydrogen-bond donors (Lipinski definition) is 3. The van der Waals surface area contributed by atoms with Crippen molar-refractivity contribution in [2.45, 2.75) is 32.9 Å². The Morgan fingerprint density at radius 2 is 1.68 bits per heavy atom. The van der Waals surface area contributed by atoms with Crippen LogP contribution in [0.5, 0.6) is 0 Å². The fraction of sp³-hybridized carbons (Fsp3) is 0.208. The number of furan rings is 1. The zero-order valence-electron chi connectivity index (χ0n) is 17.5. The van der Waals surface area contributed by atoms with Gasteiger partial charge in [-0.25, -0.2) is 0 Å². The average Bonchev–Trinajstić information content (AvgIpc) is 3.28. The average molecular weight is 419 g/mol. The van der Waals surface area contributed by atoms with Crippen molar-refractivity contribution in [3.63, 3.8) is 0 Å². The van der Waals surface area contributed by atoms with Gasteiger partial charge >= 0.3 is 0 Å². The maximum Gasteiger partial charge on any atom is 0.291 e. The van der Waals surface area contributed by atoms with Crippen LogP contribution in [0.25, 0.3) is 0 Å². The van der Waals surface area contributed by atoms with E-state index in [4.69, 9.17) is 4.42 Å². The number of benzene rings is 2. The molecule has 0 bridgehead atoms. The van der Waals surface area contributed by atoms with Gasteiger partial charge in [0.15, 0.2) is 5.76 Å². The number of carbonyl (C=O) groups excluding carboxylic acids is 3. The number of carbonyl (C=O) groups is 3. The monoisotopic (exact) mass is 419 g/mol. The lowest BCUT2D eigenvalue weighted by Gasteiger charge is -2.18. The molecular formula is C24H25N3O4. The van der Waals surface area contributed by atoms with E-state index in [-0.39, 0.29) is 29.9 Å². The van der Waals surface area contributed by atoms with Crippen molar-refractivity contribution in [1.82, 2.24) is 10.6 Å². The molecular weight excluding hydrogens is 394 g/mol. The van der Waals surface area contributed by atoms with Gasteiger partial charge in [0, 0.05) is 19.2 Å². The molecule has 3 rings (SSSR count). The van der Waals surface area contributed by atoms with E-state index in [0.29, 0.717) is 12.2 Å². The van der Waals surface area contributed by atoms with E-state index in [0.717, 1.165) is 16.7 Å². The summed E-state index contributed by atoms with van der Waals surface area (Å²) in [5.74, 6) is -0.454. The molecule has 0 aliphatic heterocycles. The number of rotatable bonds is 8. The molecule has 0 aliphatic carbocycles. The Hall–Kier alpha value is -3.87. The first-order valence-corrected chi connectivity index (χ1v) is 9.95. The number of amides is 3. The van der Waals surface area contributed by atoms with Crippen molar-refractivity contribution < 1.29 is 18.8 Å². The second-order valence-electron chi connectivity index (χ2n) is 7.27. The molecule has 1 heterocycles. The van der Waals surface area contributed by atoms with Crippen LogP contribution in [0, 0.1) is 6.92 Å². The number of anilines is 1. The van der Waals surface area contributed by atoms with Gasteiger partial charge < -0.3 is 20.4 Å². The lowest BCUT2D eigenvalue weighted by molar-refractivity contribution is -0.122. The summed E-state index contributed by atoms with van der Waals surface area (Å²) in [5.41, 5.74) is 3.50. The zero-order valence-corrected chi connectivity index (χ0v) is 17.5. The third kappa shape index (κ3) is 6.57. The van der Waals surface area contributed by atoms with E-state index in [1.165, 1.54) is 13.2 Å². The summed E-state index contributed by atoms with van der Waals surface area (Å²) in [6.07, 6.45) is 1.58. The highest BCUT2D eigenvalue weighted by molar-refractivity contribution is 6.02. The predicted molar refractivity (Wildman–Crippen MR) is 117 cm³/mol. The van der Waals surface area contributed by atoms with Gasteiger partial charge in [-0.2, -0.15) is 0 Å². The van der Waals surface area contributed by atoms with E-state index in [1.807, 2.05) is 43.3 Å². The first-order chi connectivity index (χ1) is 14.9. The molecule has 3 N–H and O–H groups in total. The minimum Gasteiger partial charge on any atom is -0.459 e. The Labute approximate surface area is 180 Å². The fourth-order valence-corrected chi connectivity index (χ4v) is 3.06. The van der Waals surface area contributed by atoms with Crippen LogP contribution in [0.2, 0.25) is 0 Å². The summed E-state index contributed by atoms with van der Waals surface area (Å²) >= 11 is 0. The van der Waals surface area contributed by atoms with Crippen molar-refractivity contribution in [3.8, 4) is 0 Å². The van der Waals surface area contributed by atoms with Gasteiger partial charge in [0.2, 0.25) is 11.8 Å². The topological polar surface area (TPSA) is 100 Å². The molecule has 31 heavy (non-hydrogen) atoms. The molecule has 2 aromatic carbocycles. The largest absolute Gasteiger partial charge is 0.459 e. The standard InChI is InChI=1S/C24H25N3O4/c1-16-5-9-19(10-6-16)21(26-17(2)28)14-23(29)25-15-18-7-11-20(12-8-18)27-24(30)22-4-3-13-31-22/h3-13,21H,14-15H2,1-2H3,(H,25,29)(H,26,28)(H,27,30). The Kier molecular flexibility index (Phi) is 7.22. The highest BCUT2D eigenvalue weighted by atomic mass is 16.3. The van der Waals surface area contributed by atoms with Gasteiger partial charge in [-0.1, -0.05) is 42.0 Å². The maximum atomic E-state index is 12.5. The first kappa shape index (κ1) is 21.8. The van der Waals surface area contributed by atoms with Crippen LogP contribution in [0.1, 0.15) is 46.6 Å². The Morgan fingerprint density at radius 3 is 2.29 bits per heavy atom. The molecule has 7 heteroatoms. The molecule has 1 aromatic heterocycles. The normalized spacial score (nSPS) is 11.4. The lowest BCUT2D eigenvalue weighted by atomic mass is 10.0. The smallest absolute Gasteiger partial charge is 0.291 e. The molecule has 0 saturated carbocycles. The maximum absolute atomic E-state index is 12.5. The van der Waals surface area contributed by atoms with Crippen LogP contribution in [-0.4, -0.2) is 17.7 Å². The summed E-state index contributed by atoms with van der Waals surface area (Å²) in [4.78, 5) is 36.0. The van der Waals surface area contributed by atoms with Gasteiger partial charge in [-0.05, 0) is 42.3 Å². The summed E-state index contributed by atoms with van der Waals surface area (Å²) in [5, 5.41) is 8.45. The minimum absolute atomic E-state index is 0.139. The van der Waals surface area contributed by atoms with E-state index < -0.39 is 6.04 Å². The summed E-state index contributed by atoms with van der Waals surface area (Å²) in [7, 11) is 0. The Morgan fingerprint density at radius 1 is 0.968 bits per heavy atom. The second kappa shape index (κ2) is 10.2. The first-order valence-electron chi connectivity index (χ1n) is 9.95. The molecule has 0 aliphatic rings. The van der Waals surface area contributed by atoms with E-state index >= 15 is 0 Å². The highest BCUT2D eigenvalue weighted by Gasteiger charge is 2.17. The molecule has 0 spiro atoms. The number of nitrogens with one attached hydrogen (secondary N) is 3. The molecule has 1 atom stereocenters. The summed E-state index contributed by atoms with van der Waals surface area (Å²) in [6, 6.07) is 17.7. The van der Waals surface area contributed by atoms with E-state index in [9.17, 15) is 14.4 Å². The van der Waals surface area contributed by atoms with Crippen LogP contribution < -0.4 is 16.0 Å². The molecule has 0 radical (unpaired) electrons. The fourth-order valence-electron chi connectivity index (χ4n) is 3.06. The van der Waals surface area contributed by atoms with Crippen LogP contribution >= 0.6 is 0 Å². The van der Waals surface area contributed by atoms with Gasteiger partial charge in [0.1, 0.15) is 0 Å². The molecule has 160 valence electrons. The molecule has 0 fully saturated rings. The Bertz CT molecular complexity index is 1030. The van der Waals surface area contributed by atoms with Crippen LogP contribution in [0.3, 0.4) is 0 Å². The molecule has 1 unspecified atom stereocenters. The quantitative estimate of drug-likeness (QED) is 0.518. The van der Waals surface area contributed by atoms with Crippen molar-refractivity contribution in [3.05, 3.63) is 89.4 Å². The van der Waals surface area contributed by atoms with Crippen molar-refractivity contribution in [2.75, 3.05) is 5.32 Å². The van der Waals surface area contributed by atoms with Crippen LogP contribution in [-0.2, 0) is 16.1 Å². The number of aryl methyl sites for hydroxylation is 1.